The minimum absolute atomic E-state index is 0.189. The van der Waals surface area contributed by atoms with Gasteiger partial charge in [-0.2, -0.15) is 0 Å². The molecule has 4 rings (SSSR count). The third kappa shape index (κ3) is 4.39. The van der Waals surface area contributed by atoms with Gasteiger partial charge >= 0.3 is 0 Å². The largest absolute Gasteiger partial charge is 0.497 e. The van der Waals surface area contributed by atoms with Gasteiger partial charge in [0.05, 0.1) is 32.1 Å². The van der Waals surface area contributed by atoms with E-state index in [0.29, 0.717) is 40.8 Å². The van der Waals surface area contributed by atoms with E-state index in [1.807, 2.05) is 25.1 Å². The second-order valence-electron chi connectivity index (χ2n) is 7.21. The van der Waals surface area contributed by atoms with Crippen molar-refractivity contribution in [1.29, 1.82) is 0 Å². The molecule has 2 amide bonds. The van der Waals surface area contributed by atoms with E-state index in [1.54, 1.807) is 68.8 Å². The average Bonchev–Trinajstić information content (AvgIpc) is 3.08. The predicted molar refractivity (Wildman–Crippen MR) is 127 cm³/mol. The van der Waals surface area contributed by atoms with Gasteiger partial charge in [0.25, 0.3) is 11.8 Å². The fourth-order valence-electron chi connectivity index (χ4n) is 3.61. The van der Waals surface area contributed by atoms with E-state index in [2.05, 4.69) is 5.32 Å². The molecule has 1 N–H and O–H groups in total. The highest BCUT2D eigenvalue weighted by Gasteiger charge is 2.40. The summed E-state index contributed by atoms with van der Waals surface area (Å²) >= 11 is 0. The van der Waals surface area contributed by atoms with Gasteiger partial charge in [-0.25, -0.2) is 4.90 Å². The van der Waals surface area contributed by atoms with Crippen molar-refractivity contribution in [3.8, 4) is 17.2 Å². The molecule has 3 aromatic carbocycles. The first-order valence-corrected chi connectivity index (χ1v) is 10.5. The maximum Gasteiger partial charge on any atom is 0.282 e. The molecule has 1 aliphatic heterocycles. The lowest BCUT2D eigenvalue weighted by Crippen LogP contribution is -2.32. The van der Waals surface area contributed by atoms with Crippen LogP contribution in [-0.4, -0.2) is 32.6 Å². The van der Waals surface area contributed by atoms with Gasteiger partial charge in [0.15, 0.2) is 0 Å². The molecular weight excluding hydrogens is 420 g/mol. The number of benzene rings is 3. The molecule has 1 aliphatic rings. The summed E-state index contributed by atoms with van der Waals surface area (Å²) in [5.74, 6) is 1.09. The van der Waals surface area contributed by atoms with Crippen LogP contribution in [0.5, 0.6) is 17.2 Å². The van der Waals surface area contributed by atoms with Crippen LogP contribution in [0.25, 0.3) is 5.57 Å². The smallest absolute Gasteiger partial charge is 0.282 e. The zero-order valence-electron chi connectivity index (χ0n) is 18.6. The summed E-state index contributed by atoms with van der Waals surface area (Å²) < 4.78 is 16.0. The van der Waals surface area contributed by atoms with Crippen LogP contribution < -0.4 is 24.4 Å². The summed E-state index contributed by atoms with van der Waals surface area (Å²) in [5.41, 5.74) is 2.17. The van der Waals surface area contributed by atoms with Gasteiger partial charge in [0, 0.05) is 11.8 Å². The topological polar surface area (TPSA) is 77.1 Å². The van der Waals surface area contributed by atoms with Crippen molar-refractivity contribution in [1.82, 2.24) is 0 Å². The lowest BCUT2D eigenvalue weighted by molar-refractivity contribution is -0.120. The van der Waals surface area contributed by atoms with Crippen LogP contribution in [0.15, 0.2) is 78.5 Å². The fraction of sp³-hybridized carbons (Fsp3) is 0.154. The highest BCUT2D eigenvalue weighted by Crippen LogP contribution is 2.35. The highest BCUT2D eigenvalue weighted by molar-refractivity contribution is 6.46. The summed E-state index contributed by atoms with van der Waals surface area (Å²) in [6.45, 7) is 2.42. The molecule has 0 spiro atoms. The Kier molecular flexibility index (Phi) is 6.31. The van der Waals surface area contributed by atoms with Crippen molar-refractivity contribution in [2.45, 2.75) is 6.92 Å². The molecule has 1 heterocycles. The van der Waals surface area contributed by atoms with Gasteiger partial charge in [-0.3, -0.25) is 9.59 Å². The Hall–Kier alpha value is -4.26. The standard InChI is InChI=1S/C26H24N2O5/c1-4-33-22-7-5-6-18(16-22)27-24-23(17-8-12-20(31-2)13-9-17)25(29)28(26(24)30)19-10-14-21(32-3)15-11-19/h5-16,27H,4H2,1-3H3. The first-order valence-electron chi connectivity index (χ1n) is 10.5. The summed E-state index contributed by atoms with van der Waals surface area (Å²) in [6, 6.07) is 21.1. The molecule has 0 unspecified atom stereocenters. The second-order valence-corrected chi connectivity index (χ2v) is 7.21. The molecule has 7 heteroatoms. The molecule has 0 atom stereocenters. The number of anilines is 2. The SMILES string of the molecule is CCOc1cccc(NC2=C(c3ccc(OC)cc3)C(=O)N(c3ccc(OC)cc3)C2=O)c1. The quantitative estimate of drug-likeness (QED) is 0.516. The van der Waals surface area contributed by atoms with Gasteiger partial charge in [-0.05, 0) is 61.0 Å². The normalized spacial score (nSPS) is 13.4. The van der Waals surface area contributed by atoms with E-state index in [-0.39, 0.29) is 11.3 Å². The first kappa shape index (κ1) is 22.0. The van der Waals surface area contributed by atoms with E-state index < -0.39 is 11.8 Å². The zero-order chi connectivity index (χ0) is 23.4. The zero-order valence-corrected chi connectivity index (χ0v) is 18.6. The number of carbonyl (C=O) groups excluding carboxylic acids is 2. The van der Waals surface area contributed by atoms with Gasteiger partial charge in [-0.15, -0.1) is 0 Å². The Bertz CT molecular complexity index is 1200. The summed E-state index contributed by atoms with van der Waals surface area (Å²) in [7, 11) is 3.13. The number of hydrogen-bond acceptors (Lipinski definition) is 6. The lowest BCUT2D eigenvalue weighted by Gasteiger charge is -2.16. The summed E-state index contributed by atoms with van der Waals surface area (Å²) in [6.07, 6.45) is 0. The Morgan fingerprint density at radius 1 is 0.788 bits per heavy atom. The van der Waals surface area contributed by atoms with Gasteiger partial charge in [-0.1, -0.05) is 18.2 Å². The van der Waals surface area contributed by atoms with Crippen LogP contribution in [0.2, 0.25) is 0 Å². The first-order chi connectivity index (χ1) is 16.0. The second kappa shape index (κ2) is 9.48. The molecule has 3 aromatic rings. The number of ether oxygens (including phenoxy) is 3. The lowest BCUT2D eigenvalue weighted by atomic mass is 10.0. The third-order valence-electron chi connectivity index (χ3n) is 5.21. The molecule has 0 saturated carbocycles. The molecular formula is C26H24N2O5. The molecule has 0 saturated heterocycles. The number of amides is 2. The molecule has 33 heavy (non-hydrogen) atoms. The summed E-state index contributed by atoms with van der Waals surface area (Å²) in [4.78, 5) is 28.2. The minimum Gasteiger partial charge on any atom is -0.497 e. The van der Waals surface area contributed by atoms with E-state index in [9.17, 15) is 9.59 Å². The Labute approximate surface area is 192 Å². The molecule has 0 fully saturated rings. The number of nitrogens with zero attached hydrogens (tertiary/aromatic N) is 1. The van der Waals surface area contributed by atoms with Gasteiger partial charge < -0.3 is 19.5 Å². The van der Waals surface area contributed by atoms with E-state index in [0.717, 1.165) is 4.90 Å². The number of methoxy groups -OCH3 is 2. The monoisotopic (exact) mass is 444 g/mol. The van der Waals surface area contributed by atoms with Crippen LogP contribution in [-0.2, 0) is 9.59 Å². The van der Waals surface area contributed by atoms with Crippen molar-refractivity contribution in [2.24, 2.45) is 0 Å². The van der Waals surface area contributed by atoms with Crippen LogP contribution in [0.3, 0.4) is 0 Å². The van der Waals surface area contributed by atoms with Crippen LogP contribution in [0.4, 0.5) is 11.4 Å². The maximum absolute atomic E-state index is 13.5. The fourth-order valence-corrected chi connectivity index (χ4v) is 3.61. The predicted octanol–water partition coefficient (Wildman–Crippen LogP) is 4.50. The number of nitrogens with one attached hydrogen (secondary N) is 1. The number of imide groups is 1. The maximum atomic E-state index is 13.5. The molecule has 168 valence electrons. The molecule has 0 bridgehead atoms. The Morgan fingerprint density at radius 2 is 1.42 bits per heavy atom. The molecule has 7 nitrogen and oxygen atoms in total. The van der Waals surface area contributed by atoms with E-state index in [1.165, 1.54) is 0 Å². The summed E-state index contributed by atoms with van der Waals surface area (Å²) in [5, 5.41) is 3.15. The average molecular weight is 444 g/mol. The number of hydrogen-bond donors (Lipinski definition) is 1. The van der Waals surface area contributed by atoms with Crippen molar-refractivity contribution < 1.29 is 23.8 Å². The Balaban J connectivity index is 1.77. The van der Waals surface area contributed by atoms with Gasteiger partial charge in [0.1, 0.15) is 22.9 Å². The Morgan fingerprint density at radius 3 is 2.03 bits per heavy atom. The van der Waals surface area contributed by atoms with E-state index >= 15 is 0 Å². The van der Waals surface area contributed by atoms with Crippen molar-refractivity contribution in [3.05, 3.63) is 84.1 Å². The van der Waals surface area contributed by atoms with Crippen molar-refractivity contribution in [3.63, 3.8) is 0 Å². The molecule has 0 aliphatic carbocycles. The van der Waals surface area contributed by atoms with Crippen LogP contribution in [0.1, 0.15) is 12.5 Å². The van der Waals surface area contributed by atoms with E-state index in [4.69, 9.17) is 14.2 Å². The van der Waals surface area contributed by atoms with Gasteiger partial charge in [0.2, 0.25) is 0 Å². The minimum atomic E-state index is -0.446. The third-order valence-corrected chi connectivity index (χ3v) is 5.21. The molecule has 0 radical (unpaired) electrons. The van der Waals surface area contributed by atoms with Crippen molar-refractivity contribution in [2.75, 3.05) is 31.0 Å². The highest BCUT2D eigenvalue weighted by atomic mass is 16.5. The van der Waals surface area contributed by atoms with Crippen LogP contribution >= 0.6 is 0 Å². The van der Waals surface area contributed by atoms with Crippen LogP contribution in [0, 0.1) is 0 Å². The number of rotatable bonds is 8. The van der Waals surface area contributed by atoms with Crippen molar-refractivity contribution >= 4 is 28.8 Å². The number of carbonyl (C=O) groups is 2. The molecule has 0 aromatic heterocycles.